The Bertz CT molecular complexity index is 1360. The average molecular weight is 491 g/mol. The topological polar surface area (TPSA) is 81.5 Å². The van der Waals surface area contributed by atoms with Gasteiger partial charge in [-0.25, -0.2) is 0 Å². The SMILES string of the molecule is C=CCOc1ccc(C2c3c(oc4ccc(C)cc4c3=O)C(=O)N2CCN2CCOCC2)cc1OC. The second-order valence-electron chi connectivity index (χ2n) is 9.04. The Morgan fingerprint density at radius 1 is 1.08 bits per heavy atom. The van der Waals surface area contributed by atoms with E-state index in [2.05, 4.69) is 11.5 Å². The summed E-state index contributed by atoms with van der Waals surface area (Å²) in [6.07, 6.45) is 1.66. The molecule has 1 amide bonds. The molecule has 8 heteroatoms. The summed E-state index contributed by atoms with van der Waals surface area (Å²) in [7, 11) is 1.56. The number of hydrogen-bond acceptors (Lipinski definition) is 7. The first kappa shape index (κ1) is 24.1. The molecule has 5 rings (SSSR count). The van der Waals surface area contributed by atoms with Crippen LogP contribution in [0.15, 0.2) is 58.3 Å². The number of amides is 1. The van der Waals surface area contributed by atoms with E-state index in [1.165, 1.54) is 0 Å². The van der Waals surface area contributed by atoms with Crippen LogP contribution in [-0.2, 0) is 4.74 Å². The van der Waals surface area contributed by atoms with Gasteiger partial charge in [-0.3, -0.25) is 14.5 Å². The van der Waals surface area contributed by atoms with Crippen molar-refractivity contribution in [1.29, 1.82) is 0 Å². The molecule has 3 heterocycles. The fraction of sp³-hybridized carbons (Fsp3) is 0.357. The predicted octanol–water partition coefficient (Wildman–Crippen LogP) is 3.55. The van der Waals surface area contributed by atoms with E-state index < -0.39 is 6.04 Å². The van der Waals surface area contributed by atoms with Crippen molar-refractivity contribution in [1.82, 2.24) is 9.80 Å². The maximum atomic E-state index is 13.8. The average Bonchev–Trinajstić information content (AvgIpc) is 3.18. The van der Waals surface area contributed by atoms with Crippen molar-refractivity contribution in [2.24, 2.45) is 0 Å². The number of fused-ring (bicyclic) bond motifs is 2. The zero-order valence-corrected chi connectivity index (χ0v) is 20.6. The van der Waals surface area contributed by atoms with Gasteiger partial charge in [0.05, 0.1) is 37.3 Å². The molecule has 0 bridgehead atoms. The predicted molar refractivity (Wildman–Crippen MR) is 136 cm³/mol. The molecule has 188 valence electrons. The van der Waals surface area contributed by atoms with Gasteiger partial charge in [-0.2, -0.15) is 0 Å². The van der Waals surface area contributed by atoms with Crippen molar-refractivity contribution in [3.05, 3.63) is 81.7 Å². The molecule has 1 fully saturated rings. The summed E-state index contributed by atoms with van der Waals surface area (Å²) >= 11 is 0. The second kappa shape index (κ2) is 10.2. The lowest BCUT2D eigenvalue weighted by molar-refractivity contribution is 0.0314. The Morgan fingerprint density at radius 3 is 2.64 bits per heavy atom. The Morgan fingerprint density at radius 2 is 1.89 bits per heavy atom. The molecule has 0 N–H and O–H groups in total. The highest BCUT2D eigenvalue weighted by atomic mass is 16.5. The lowest BCUT2D eigenvalue weighted by Gasteiger charge is -2.31. The molecule has 3 aromatic rings. The van der Waals surface area contributed by atoms with E-state index in [1.807, 2.05) is 31.2 Å². The van der Waals surface area contributed by atoms with Crippen molar-refractivity contribution >= 4 is 16.9 Å². The van der Waals surface area contributed by atoms with E-state index in [1.54, 1.807) is 30.2 Å². The summed E-state index contributed by atoms with van der Waals surface area (Å²) in [5.74, 6) is 0.902. The monoisotopic (exact) mass is 490 g/mol. The van der Waals surface area contributed by atoms with Crippen LogP contribution in [0.25, 0.3) is 11.0 Å². The number of nitrogens with zero attached hydrogens (tertiary/aromatic N) is 2. The van der Waals surface area contributed by atoms with Crippen LogP contribution in [0, 0.1) is 6.92 Å². The third-order valence-corrected chi connectivity index (χ3v) is 6.74. The number of hydrogen-bond donors (Lipinski definition) is 0. The summed E-state index contributed by atoms with van der Waals surface area (Å²) in [6.45, 7) is 10.0. The Kier molecular flexibility index (Phi) is 6.80. The van der Waals surface area contributed by atoms with Gasteiger partial charge in [-0.15, -0.1) is 0 Å². The second-order valence-corrected chi connectivity index (χ2v) is 9.04. The van der Waals surface area contributed by atoms with E-state index >= 15 is 0 Å². The Balaban J connectivity index is 1.60. The van der Waals surface area contributed by atoms with Gasteiger partial charge in [0.2, 0.25) is 5.76 Å². The zero-order valence-electron chi connectivity index (χ0n) is 20.6. The van der Waals surface area contributed by atoms with Crippen LogP contribution in [0.5, 0.6) is 11.5 Å². The quantitative estimate of drug-likeness (QED) is 0.447. The number of methoxy groups -OCH3 is 1. The third kappa shape index (κ3) is 4.38. The van der Waals surface area contributed by atoms with Gasteiger partial charge in [-0.1, -0.05) is 30.4 Å². The minimum Gasteiger partial charge on any atom is -0.493 e. The van der Waals surface area contributed by atoms with E-state index in [4.69, 9.17) is 18.6 Å². The van der Waals surface area contributed by atoms with E-state index in [9.17, 15) is 9.59 Å². The van der Waals surface area contributed by atoms with Crippen LogP contribution >= 0.6 is 0 Å². The first-order valence-electron chi connectivity index (χ1n) is 12.1. The highest BCUT2D eigenvalue weighted by molar-refractivity contribution is 5.99. The number of aryl methyl sites for hydroxylation is 1. The largest absolute Gasteiger partial charge is 0.493 e. The molecule has 2 aliphatic rings. The molecule has 0 spiro atoms. The molecule has 0 aliphatic carbocycles. The number of ether oxygens (including phenoxy) is 3. The fourth-order valence-electron chi connectivity index (χ4n) is 4.91. The highest BCUT2D eigenvalue weighted by Crippen LogP contribution is 2.41. The summed E-state index contributed by atoms with van der Waals surface area (Å²) in [6, 6.07) is 10.3. The first-order chi connectivity index (χ1) is 17.5. The standard InChI is InChI=1S/C28H30N2O6/c1-4-13-35-22-8-6-19(17-23(22)33-3)25-24-26(31)20-16-18(2)5-7-21(20)36-27(24)28(32)30(25)10-9-29-11-14-34-15-12-29/h4-8,16-17,25H,1,9-15H2,2-3H3. The van der Waals surface area contributed by atoms with Gasteiger partial charge in [0, 0.05) is 26.2 Å². The highest BCUT2D eigenvalue weighted by Gasteiger charge is 2.43. The molecule has 1 unspecified atom stereocenters. The van der Waals surface area contributed by atoms with Gasteiger partial charge in [0.25, 0.3) is 5.91 Å². The minimum absolute atomic E-state index is 0.106. The van der Waals surface area contributed by atoms with E-state index in [0.717, 1.165) is 24.2 Å². The molecule has 1 saturated heterocycles. The van der Waals surface area contributed by atoms with Gasteiger partial charge in [0.1, 0.15) is 12.2 Å². The first-order valence-corrected chi connectivity index (χ1v) is 12.1. The summed E-state index contributed by atoms with van der Waals surface area (Å²) < 4.78 is 22.8. The lowest BCUT2D eigenvalue weighted by Crippen LogP contribution is -2.42. The fourth-order valence-corrected chi connectivity index (χ4v) is 4.91. The zero-order chi connectivity index (χ0) is 25.2. The molecule has 0 saturated carbocycles. The maximum Gasteiger partial charge on any atom is 0.290 e. The van der Waals surface area contributed by atoms with E-state index in [0.29, 0.717) is 60.9 Å². The van der Waals surface area contributed by atoms with Crippen LogP contribution in [0.1, 0.15) is 33.3 Å². The molecular formula is C28H30N2O6. The summed E-state index contributed by atoms with van der Waals surface area (Å²) in [5, 5.41) is 0.472. The normalized spacial score (nSPS) is 17.9. The molecule has 0 radical (unpaired) electrons. The number of benzene rings is 2. The van der Waals surface area contributed by atoms with Gasteiger partial charge >= 0.3 is 0 Å². The van der Waals surface area contributed by atoms with Crippen molar-refractivity contribution in [2.75, 3.05) is 53.1 Å². The van der Waals surface area contributed by atoms with Crippen LogP contribution in [0.2, 0.25) is 0 Å². The van der Waals surface area contributed by atoms with Crippen LogP contribution in [0.3, 0.4) is 0 Å². The molecular weight excluding hydrogens is 460 g/mol. The molecule has 2 aromatic carbocycles. The third-order valence-electron chi connectivity index (χ3n) is 6.74. The van der Waals surface area contributed by atoms with Crippen molar-refractivity contribution < 1.29 is 23.4 Å². The molecule has 36 heavy (non-hydrogen) atoms. The van der Waals surface area contributed by atoms with Gasteiger partial charge in [0.15, 0.2) is 16.9 Å². The Hall–Kier alpha value is -3.62. The van der Waals surface area contributed by atoms with Crippen LogP contribution < -0.4 is 14.9 Å². The van der Waals surface area contributed by atoms with Gasteiger partial charge < -0.3 is 23.5 Å². The number of carbonyl (C=O) groups is 1. The maximum absolute atomic E-state index is 13.8. The van der Waals surface area contributed by atoms with Gasteiger partial charge in [-0.05, 0) is 36.8 Å². The molecule has 8 nitrogen and oxygen atoms in total. The lowest BCUT2D eigenvalue weighted by atomic mass is 9.97. The van der Waals surface area contributed by atoms with Crippen LogP contribution in [-0.4, -0.2) is 68.8 Å². The van der Waals surface area contributed by atoms with Crippen molar-refractivity contribution in [2.45, 2.75) is 13.0 Å². The van der Waals surface area contributed by atoms with Crippen LogP contribution in [0.4, 0.5) is 0 Å². The smallest absolute Gasteiger partial charge is 0.290 e. The summed E-state index contributed by atoms with van der Waals surface area (Å²) in [4.78, 5) is 31.4. The number of rotatable bonds is 8. The summed E-state index contributed by atoms with van der Waals surface area (Å²) in [5.41, 5.74) is 2.30. The van der Waals surface area contributed by atoms with Crippen molar-refractivity contribution in [3.8, 4) is 11.5 Å². The Labute approximate surface area is 209 Å². The number of carbonyl (C=O) groups excluding carboxylic acids is 1. The van der Waals surface area contributed by atoms with E-state index in [-0.39, 0.29) is 17.1 Å². The molecule has 1 atom stereocenters. The molecule has 2 aliphatic heterocycles. The van der Waals surface area contributed by atoms with Crippen molar-refractivity contribution in [3.63, 3.8) is 0 Å². The number of morpholine rings is 1. The molecule has 1 aromatic heterocycles. The minimum atomic E-state index is -0.600.